The third kappa shape index (κ3) is 5.59. The third-order valence-corrected chi connectivity index (χ3v) is 4.45. The highest BCUT2D eigenvalue weighted by atomic mass is 79.9. The Hall–Kier alpha value is -2.34. The van der Waals surface area contributed by atoms with E-state index < -0.39 is 6.10 Å². The molecule has 5 nitrogen and oxygen atoms in total. The lowest BCUT2D eigenvalue weighted by atomic mass is 10.2. The van der Waals surface area contributed by atoms with Crippen molar-refractivity contribution in [1.29, 1.82) is 0 Å². The predicted octanol–water partition coefficient (Wildman–Crippen LogP) is 3.93. The number of hydrogen-bond acceptors (Lipinski definition) is 3. The van der Waals surface area contributed by atoms with Gasteiger partial charge in [-0.15, -0.1) is 0 Å². The summed E-state index contributed by atoms with van der Waals surface area (Å²) in [6, 6.07) is 13.1. The summed E-state index contributed by atoms with van der Waals surface area (Å²) in [5.41, 5.74) is 2.91. The maximum absolute atomic E-state index is 12.5. The number of ether oxygens (including phenoxy) is 1. The molecule has 0 saturated carbocycles. The smallest absolute Gasteiger partial charge is 0.263 e. The van der Waals surface area contributed by atoms with Crippen LogP contribution in [0.2, 0.25) is 0 Å². The van der Waals surface area contributed by atoms with E-state index in [-0.39, 0.29) is 18.4 Å². The minimum atomic E-state index is -0.703. The Bertz CT molecular complexity index is 790. The molecule has 0 saturated heterocycles. The molecule has 0 radical (unpaired) electrons. The Labute approximate surface area is 162 Å². The fourth-order valence-electron chi connectivity index (χ4n) is 2.38. The van der Waals surface area contributed by atoms with Gasteiger partial charge >= 0.3 is 0 Å². The van der Waals surface area contributed by atoms with Gasteiger partial charge in [0.1, 0.15) is 5.75 Å². The molecule has 0 fully saturated rings. The highest BCUT2D eigenvalue weighted by molar-refractivity contribution is 9.10. The Morgan fingerprint density at radius 3 is 2.35 bits per heavy atom. The monoisotopic (exact) mass is 418 g/mol. The van der Waals surface area contributed by atoms with Gasteiger partial charge in [0.25, 0.3) is 5.91 Å². The molecular formula is C20H23BrN2O3. The van der Waals surface area contributed by atoms with Crippen LogP contribution >= 0.6 is 15.9 Å². The van der Waals surface area contributed by atoms with E-state index in [0.717, 1.165) is 15.6 Å². The molecule has 2 aromatic carbocycles. The molecule has 2 rings (SSSR count). The quantitative estimate of drug-likeness (QED) is 0.772. The topological polar surface area (TPSA) is 58.6 Å². The third-order valence-electron chi connectivity index (χ3n) is 3.83. The highest BCUT2D eigenvalue weighted by Gasteiger charge is 2.22. The standard InChI is InChI=1S/C20H23BrN2O3/c1-13-5-8-16(9-6-13)22-19(24)12-23(4)20(25)15(3)26-18-10-7-14(2)11-17(18)21/h5-11,15H,12H2,1-4H3,(H,22,24). The number of hydrogen-bond donors (Lipinski definition) is 1. The minimum absolute atomic E-state index is 0.0462. The van der Waals surface area contributed by atoms with Crippen LogP contribution < -0.4 is 10.1 Å². The molecule has 1 N–H and O–H groups in total. The van der Waals surface area contributed by atoms with Crippen molar-refractivity contribution in [2.24, 2.45) is 0 Å². The number of nitrogens with zero attached hydrogens (tertiary/aromatic N) is 1. The number of halogens is 1. The minimum Gasteiger partial charge on any atom is -0.480 e. The molecule has 0 spiro atoms. The van der Waals surface area contributed by atoms with Crippen molar-refractivity contribution >= 4 is 33.4 Å². The number of anilines is 1. The zero-order chi connectivity index (χ0) is 19.3. The molecule has 2 aromatic rings. The summed E-state index contributed by atoms with van der Waals surface area (Å²) in [6.07, 6.45) is -0.703. The fourth-order valence-corrected chi connectivity index (χ4v) is 2.97. The summed E-state index contributed by atoms with van der Waals surface area (Å²) in [6.45, 7) is 5.58. The molecule has 0 aliphatic heterocycles. The van der Waals surface area contributed by atoms with Crippen LogP contribution in [-0.2, 0) is 9.59 Å². The van der Waals surface area contributed by atoms with E-state index in [0.29, 0.717) is 11.4 Å². The lowest BCUT2D eigenvalue weighted by molar-refractivity contribution is -0.139. The Morgan fingerprint density at radius 1 is 1.12 bits per heavy atom. The molecule has 0 aromatic heterocycles. The highest BCUT2D eigenvalue weighted by Crippen LogP contribution is 2.26. The first-order valence-corrected chi connectivity index (χ1v) is 9.10. The molecule has 0 aliphatic rings. The van der Waals surface area contributed by atoms with Crippen molar-refractivity contribution in [3.63, 3.8) is 0 Å². The maximum Gasteiger partial charge on any atom is 0.263 e. The zero-order valence-corrected chi connectivity index (χ0v) is 17.0. The summed E-state index contributed by atoms with van der Waals surface area (Å²) in [5, 5.41) is 2.78. The van der Waals surface area contributed by atoms with E-state index in [1.807, 2.05) is 56.3 Å². The van der Waals surface area contributed by atoms with Crippen LogP contribution in [-0.4, -0.2) is 36.4 Å². The molecule has 138 valence electrons. The first-order chi connectivity index (χ1) is 12.3. The first-order valence-electron chi connectivity index (χ1n) is 8.30. The largest absolute Gasteiger partial charge is 0.480 e. The van der Waals surface area contributed by atoms with Crippen LogP contribution in [0, 0.1) is 13.8 Å². The van der Waals surface area contributed by atoms with E-state index in [1.165, 1.54) is 4.90 Å². The van der Waals surface area contributed by atoms with Gasteiger partial charge in [-0.2, -0.15) is 0 Å². The summed E-state index contributed by atoms with van der Waals surface area (Å²) >= 11 is 3.43. The number of nitrogens with one attached hydrogen (secondary N) is 1. The van der Waals surface area contributed by atoms with Crippen LogP contribution in [0.1, 0.15) is 18.1 Å². The predicted molar refractivity (Wildman–Crippen MR) is 106 cm³/mol. The molecule has 26 heavy (non-hydrogen) atoms. The van der Waals surface area contributed by atoms with Crippen molar-refractivity contribution in [2.75, 3.05) is 18.9 Å². The van der Waals surface area contributed by atoms with Gasteiger partial charge < -0.3 is 15.0 Å². The zero-order valence-electron chi connectivity index (χ0n) is 15.4. The lowest BCUT2D eigenvalue weighted by Crippen LogP contribution is -2.42. The van der Waals surface area contributed by atoms with Crippen molar-refractivity contribution in [2.45, 2.75) is 26.9 Å². The van der Waals surface area contributed by atoms with Gasteiger partial charge in [0.05, 0.1) is 11.0 Å². The Kier molecular flexibility index (Phi) is 6.80. The number of aryl methyl sites for hydroxylation is 2. The van der Waals surface area contributed by atoms with Gasteiger partial charge in [-0.05, 0) is 66.5 Å². The molecule has 0 bridgehead atoms. The Balaban J connectivity index is 1.91. The van der Waals surface area contributed by atoms with Gasteiger partial charge in [-0.1, -0.05) is 23.8 Å². The average molecular weight is 419 g/mol. The Morgan fingerprint density at radius 2 is 1.73 bits per heavy atom. The van der Waals surface area contributed by atoms with Crippen LogP contribution in [0.15, 0.2) is 46.9 Å². The molecule has 1 atom stereocenters. The van der Waals surface area contributed by atoms with Gasteiger partial charge in [0.15, 0.2) is 6.10 Å². The van der Waals surface area contributed by atoms with E-state index in [4.69, 9.17) is 4.74 Å². The second-order valence-corrected chi connectivity index (χ2v) is 7.16. The van der Waals surface area contributed by atoms with Crippen LogP contribution in [0.5, 0.6) is 5.75 Å². The number of benzene rings is 2. The fraction of sp³-hybridized carbons (Fsp3) is 0.300. The van der Waals surface area contributed by atoms with Crippen LogP contribution in [0.25, 0.3) is 0 Å². The number of amides is 2. The van der Waals surface area contributed by atoms with Crippen molar-refractivity contribution in [1.82, 2.24) is 4.90 Å². The first kappa shape index (κ1) is 20.0. The number of rotatable bonds is 6. The van der Waals surface area contributed by atoms with Crippen molar-refractivity contribution in [3.05, 3.63) is 58.1 Å². The molecule has 0 heterocycles. The molecule has 1 unspecified atom stereocenters. The summed E-state index contributed by atoms with van der Waals surface area (Å²) in [7, 11) is 1.58. The van der Waals surface area contributed by atoms with E-state index in [9.17, 15) is 9.59 Å². The summed E-state index contributed by atoms with van der Waals surface area (Å²) in [4.78, 5) is 26.0. The van der Waals surface area contributed by atoms with Crippen LogP contribution in [0.4, 0.5) is 5.69 Å². The van der Waals surface area contributed by atoms with E-state index in [2.05, 4.69) is 21.2 Å². The average Bonchev–Trinajstić information content (AvgIpc) is 2.58. The summed E-state index contributed by atoms with van der Waals surface area (Å²) in [5.74, 6) is 0.0684. The van der Waals surface area contributed by atoms with Gasteiger partial charge in [0.2, 0.25) is 5.91 Å². The van der Waals surface area contributed by atoms with E-state index in [1.54, 1.807) is 14.0 Å². The summed E-state index contributed by atoms with van der Waals surface area (Å²) < 4.78 is 6.52. The molecular weight excluding hydrogens is 396 g/mol. The number of likely N-dealkylation sites (N-methyl/N-ethyl adjacent to an activating group) is 1. The van der Waals surface area contributed by atoms with Gasteiger partial charge in [-0.3, -0.25) is 9.59 Å². The van der Waals surface area contributed by atoms with Crippen LogP contribution in [0.3, 0.4) is 0 Å². The normalized spacial score (nSPS) is 11.6. The van der Waals surface area contributed by atoms with E-state index >= 15 is 0 Å². The van der Waals surface area contributed by atoms with Gasteiger partial charge in [0, 0.05) is 12.7 Å². The molecule has 0 aliphatic carbocycles. The molecule has 6 heteroatoms. The lowest BCUT2D eigenvalue weighted by Gasteiger charge is -2.22. The van der Waals surface area contributed by atoms with Crippen molar-refractivity contribution in [3.8, 4) is 5.75 Å². The molecule has 2 amide bonds. The van der Waals surface area contributed by atoms with Crippen molar-refractivity contribution < 1.29 is 14.3 Å². The second-order valence-electron chi connectivity index (χ2n) is 6.30. The maximum atomic E-state index is 12.5. The number of carbonyl (C=O) groups excluding carboxylic acids is 2. The number of carbonyl (C=O) groups is 2. The SMILES string of the molecule is Cc1ccc(NC(=O)CN(C)C(=O)C(C)Oc2ccc(C)cc2Br)cc1. The van der Waals surface area contributed by atoms with Gasteiger partial charge in [-0.25, -0.2) is 0 Å². The second kappa shape index (κ2) is 8.85.